The van der Waals surface area contributed by atoms with Gasteiger partial charge in [-0.05, 0) is 26.2 Å². The fraction of sp³-hybridized carbons (Fsp3) is 1.00. The van der Waals surface area contributed by atoms with Crippen LogP contribution < -0.4 is 5.32 Å². The molecule has 0 radical (unpaired) electrons. The summed E-state index contributed by atoms with van der Waals surface area (Å²) in [5.74, 6) is 0. The van der Waals surface area contributed by atoms with E-state index >= 15 is 0 Å². The van der Waals surface area contributed by atoms with Crippen LogP contribution in [0.1, 0.15) is 40.0 Å². The third-order valence-electron chi connectivity index (χ3n) is 4.15. The van der Waals surface area contributed by atoms with Crippen molar-refractivity contribution >= 4 is 0 Å². The Hall–Kier alpha value is -0.120. The molecule has 1 saturated carbocycles. The van der Waals surface area contributed by atoms with E-state index in [1.165, 1.54) is 0 Å². The highest BCUT2D eigenvalue weighted by Crippen LogP contribution is 2.48. The van der Waals surface area contributed by atoms with Crippen LogP contribution in [0.3, 0.4) is 0 Å². The summed E-state index contributed by atoms with van der Waals surface area (Å²) < 4.78 is 5.53. The first-order valence-electron chi connectivity index (χ1n) is 6.04. The number of aliphatic hydroxyl groups excluding tert-OH is 1. The maximum atomic E-state index is 9.05. The average Bonchev–Trinajstić information content (AvgIpc) is 2.25. The van der Waals surface area contributed by atoms with Crippen LogP contribution in [0.5, 0.6) is 0 Å². The lowest BCUT2D eigenvalue weighted by Crippen LogP contribution is -2.64. The van der Waals surface area contributed by atoms with Crippen LogP contribution in [0.25, 0.3) is 0 Å². The highest BCUT2D eigenvalue weighted by atomic mass is 16.5. The van der Waals surface area contributed by atoms with Gasteiger partial charge in [-0.15, -0.1) is 0 Å². The lowest BCUT2D eigenvalue weighted by molar-refractivity contribution is -0.126. The minimum atomic E-state index is 0.185. The molecule has 0 bridgehead atoms. The quantitative estimate of drug-likeness (QED) is 0.706. The van der Waals surface area contributed by atoms with Crippen molar-refractivity contribution in [2.45, 2.75) is 58.2 Å². The molecule has 1 aliphatic rings. The molecule has 0 saturated heterocycles. The van der Waals surface area contributed by atoms with Crippen LogP contribution in [0.2, 0.25) is 0 Å². The smallest absolute Gasteiger partial charge is 0.0657 e. The monoisotopic (exact) mass is 215 g/mol. The summed E-state index contributed by atoms with van der Waals surface area (Å²) in [7, 11) is 1.80. The highest BCUT2D eigenvalue weighted by molar-refractivity contribution is 5.07. The minimum Gasteiger partial charge on any atom is -0.395 e. The summed E-state index contributed by atoms with van der Waals surface area (Å²) in [5.41, 5.74) is 0.276. The third kappa shape index (κ3) is 2.19. The number of hydrogen-bond donors (Lipinski definition) is 2. The molecule has 0 aromatic heterocycles. The maximum Gasteiger partial charge on any atom is 0.0657 e. The molecule has 2 N–H and O–H groups in total. The summed E-state index contributed by atoms with van der Waals surface area (Å²) >= 11 is 0. The van der Waals surface area contributed by atoms with Crippen molar-refractivity contribution < 1.29 is 9.84 Å². The highest BCUT2D eigenvalue weighted by Gasteiger charge is 2.52. The Morgan fingerprint density at radius 2 is 2.07 bits per heavy atom. The van der Waals surface area contributed by atoms with Crippen molar-refractivity contribution in [3.8, 4) is 0 Å². The number of aliphatic hydroxyl groups is 1. The lowest BCUT2D eigenvalue weighted by Gasteiger charge is -2.56. The molecule has 0 unspecified atom stereocenters. The first-order valence-corrected chi connectivity index (χ1v) is 6.04. The summed E-state index contributed by atoms with van der Waals surface area (Å²) in [5, 5.41) is 12.5. The number of methoxy groups -OCH3 is 1. The first-order chi connectivity index (χ1) is 7.14. The summed E-state index contributed by atoms with van der Waals surface area (Å²) in [6, 6.07) is 0.685. The topological polar surface area (TPSA) is 41.5 Å². The van der Waals surface area contributed by atoms with Crippen LogP contribution in [-0.2, 0) is 4.74 Å². The zero-order chi connectivity index (χ0) is 11.5. The molecular weight excluding hydrogens is 190 g/mol. The van der Waals surface area contributed by atoms with Gasteiger partial charge in [0.15, 0.2) is 0 Å². The SMILES string of the molecule is CCC1(CC)[C@@H](OC)C[C@H]1N[C@H](C)CO. The third-order valence-corrected chi connectivity index (χ3v) is 4.15. The molecule has 1 rings (SSSR count). The Morgan fingerprint density at radius 1 is 1.47 bits per heavy atom. The molecule has 0 aromatic rings. The van der Waals surface area contributed by atoms with Gasteiger partial charge in [0.2, 0.25) is 0 Å². The molecule has 1 fully saturated rings. The van der Waals surface area contributed by atoms with Crippen molar-refractivity contribution in [1.82, 2.24) is 5.32 Å². The number of rotatable bonds is 6. The van der Waals surface area contributed by atoms with Crippen molar-refractivity contribution in [1.29, 1.82) is 0 Å². The van der Waals surface area contributed by atoms with Crippen molar-refractivity contribution in [3.63, 3.8) is 0 Å². The lowest BCUT2D eigenvalue weighted by atomic mass is 9.58. The van der Waals surface area contributed by atoms with Crippen LogP contribution >= 0.6 is 0 Å². The summed E-state index contributed by atoms with van der Waals surface area (Å²) in [4.78, 5) is 0. The largest absolute Gasteiger partial charge is 0.395 e. The molecule has 3 atom stereocenters. The Bertz CT molecular complexity index is 192. The van der Waals surface area contributed by atoms with Crippen molar-refractivity contribution in [2.75, 3.05) is 13.7 Å². The first kappa shape index (κ1) is 12.9. The van der Waals surface area contributed by atoms with Gasteiger partial charge in [-0.3, -0.25) is 0 Å². The standard InChI is InChI=1S/C12H25NO2/c1-5-12(6-2)10(7-11(12)15-4)13-9(3)8-14/h9-11,13-14H,5-8H2,1-4H3/t9-,10-,11+/m1/s1. The molecule has 3 heteroatoms. The molecule has 0 amide bonds. The van der Waals surface area contributed by atoms with E-state index in [1.54, 1.807) is 7.11 Å². The molecule has 90 valence electrons. The number of hydrogen-bond acceptors (Lipinski definition) is 3. The minimum absolute atomic E-state index is 0.185. The molecule has 0 aromatic carbocycles. The molecule has 0 heterocycles. The van der Waals surface area contributed by atoms with E-state index in [-0.39, 0.29) is 18.1 Å². The predicted octanol–water partition coefficient (Wildman–Crippen LogP) is 1.55. The van der Waals surface area contributed by atoms with Crippen LogP contribution in [0.15, 0.2) is 0 Å². The molecule has 3 nitrogen and oxygen atoms in total. The second kappa shape index (κ2) is 5.28. The van der Waals surface area contributed by atoms with E-state index < -0.39 is 0 Å². The number of nitrogens with one attached hydrogen (secondary N) is 1. The van der Waals surface area contributed by atoms with Gasteiger partial charge in [-0.25, -0.2) is 0 Å². The Labute approximate surface area is 93.2 Å². The van der Waals surface area contributed by atoms with E-state index in [1.807, 2.05) is 6.92 Å². The van der Waals surface area contributed by atoms with E-state index in [0.717, 1.165) is 19.3 Å². The van der Waals surface area contributed by atoms with Crippen LogP contribution in [-0.4, -0.2) is 37.0 Å². The zero-order valence-electron chi connectivity index (χ0n) is 10.4. The van der Waals surface area contributed by atoms with Gasteiger partial charge in [0, 0.05) is 24.6 Å². The van der Waals surface area contributed by atoms with Gasteiger partial charge in [0.1, 0.15) is 0 Å². The maximum absolute atomic E-state index is 9.05. The van der Waals surface area contributed by atoms with Gasteiger partial charge < -0.3 is 15.2 Å². The van der Waals surface area contributed by atoms with Gasteiger partial charge in [-0.2, -0.15) is 0 Å². The van der Waals surface area contributed by atoms with E-state index in [0.29, 0.717) is 12.1 Å². The van der Waals surface area contributed by atoms with Gasteiger partial charge >= 0.3 is 0 Å². The van der Waals surface area contributed by atoms with Gasteiger partial charge in [0.25, 0.3) is 0 Å². The zero-order valence-corrected chi connectivity index (χ0v) is 10.4. The van der Waals surface area contributed by atoms with E-state index in [4.69, 9.17) is 9.84 Å². The second-order valence-electron chi connectivity index (χ2n) is 4.70. The van der Waals surface area contributed by atoms with E-state index in [9.17, 15) is 0 Å². The van der Waals surface area contributed by atoms with E-state index in [2.05, 4.69) is 19.2 Å². The fourth-order valence-electron chi connectivity index (χ4n) is 2.91. The Morgan fingerprint density at radius 3 is 2.47 bits per heavy atom. The molecule has 15 heavy (non-hydrogen) atoms. The normalized spacial score (nSPS) is 31.0. The average molecular weight is 215 g/mol. The van der Waals surface area contributed by atoms with Crippen molar-refractivity contribution in [3.05, 3.63) is 0 Å². The molecule has 0 spiro atoms. The Balaban J connectivity index is 2.60. The molecular formula is C12H25NO2. The summed E-state index contributed by atoms with van der Waals surface area (Å²) in [6.07, 6.45) is 3.73. The van der Waals surface area contributed by atoms with Gasteiger partial charge in [-0.1, -0.05) is 13.8 Å². The molecule has 0 aliphatic heterocycles. The predicted molar refractivity (Wildman–Crippen MR) is 61.9 cm³/mol. The van der Waals surface area contributed by atoms with Crippen LogP contribution in [0.4, 0.5) is 0 Å². The van der Waals surface area contributed by atoms with Crippen LogP contribution in [0, 0.1) is 5.41 Å². The van der Waals surface area contributed by atoms with Crippen molar-refractivity contribution in [2.24, 2.45) is 5.41 Å². The number of ether oxygens (including phenoxy) is 1. The van der Waals surface area contributed by atoms with Gasteiger partial charge in [0.05, 0.1) is 12.7 Å². The second-order valence-corrected chi connectivity index (χ2v) is 4.70. The Kier molecular flexibility index (Phi) is 4.56. The summed E-state index contributed by atoms with van der Waals surface area (Å²) in [6.45, 7) is 6.69. The molecule has 1 aliphatic carbocycles. The fourth-order valence-corrected chi connectivity index (χ4v) is 2.91.